The smallest absolute Gasteiger partial charge is 0.138 e. The Hall–Kier alpha value is -1.51. The number of hydrogen-bond donors (Lipinski definition) is 0. The fourth-order valence-electron chi connectivity index (χ4n) is 2.96. The summed E-state index contributed by atoms with van der Waals surface area (Å²) in [5.41, 5.74) is 2.63. The highest BCUT2D eigenvalue weighted by Crippen LogP contribution is 2.34. The first-order valence-corrected chi connectivity index (χ1v) is 6.88. The van der Waals surface area contributed by atoms with Crippen molar-refractivity contribution in [2.45, 2.75) is 26.2 Å². The predicted octanol–water partition coefficient (Wildman–Crippen LogP) is 2.94. The fraction of sp³-hybridized carbons (Fsp3) is 0.533. The predicted molar refractivity (Wildman–Crippen MR) is 72.3 cm³/mol. The van der Waals surface area contributed by atoms with Gasteiger partial charge in [0.25, 0.3) is 0 Å². The molecule has 96 valence electrons. The summed E-state index contributed by atoms with van der Waals surface area (Å²) in [5.74, 6) is 1.80. The molecule has 1 aromatic rings. The number of ether oxygens (including phenoxy) is 1. The molecule has 0 N–H and O–H groups in total. The molecule has 3 heterocycles. The molecule has 18 heavy (non-hydrogen) atoms. The van der Waals surface area contributed by atoms with Crippen molar-refractivity contribution in [3.05, 3.63) is 29.7 Å². The zero-order valence-electron chi connectivity index (χ0n) is 10.9. The van der Waals surface area contributed by atoms with Crippen molar-refractivity contribution in [3.8, 4) is 5.75 Å². The number of fused-ring (bicyclic) bond motifs is 2. The molecule has 3 nitrogen and oxygen atoms in total. The number of nitrogens with zero attached hydrogens (tertiary/aromatic N) is 2. The highest BCUT2D eigenvalue weighted by atomic mass is 16.5. The third kappa shape index (κ3) is 2.35. The van der Waals surface area contributed by atoms with Gasteiger partial charge in [-0.05, 0) is 49.8 Å². The highest BCUT2D eigenvalue weighted by Gasteiger charge is 2.28. The maximum absolute atomic E-state index is 5.49. The molecule has 2 saturated heterocycles. The van der Waals surface area contributed by atoms with E-state index in [1.54, 1.807) is 6.20 Å². The van der Waals surface area contributed by atoms with Crippen molar-refractivity contribution in [3.63, 3.8) is 0 Å². The van der Waals surface area contributed by atoms with Gasteiger partial charge in [-0.25, -0.2) is 0 Å². The molecule has 3 rings (SSSR count). The summed E-state index contributed by atoms with van der Waals surface area (Å²) in [4.78, 5) is 6.77. The van der Waals surface area contributed by atoms with E-state index in [0.29, 0.717) is 6.61 Å². The maximum atomic E-state index is 5.49. The number of hydrogen-bond acceptors (Lipinski definition) is 3. The zero-order chi connectivity index (χ0) is 12.4. The molecule has 0 radical (unpaired) electrons. The van der Waals surface area contributed by atoms with Gasteiger partial charge in [-0.2, -0.15) is 0 Å². The van der Waals surface area contributed by atoms with E-state index in [1.165, 1.54) is 38.0 Å². The van der Waals surface area contributed by atoms with Gasteiger partial charge in [0.15, 0.2) is 0 Å². The van der Waals surface area contributed by atoms with Crippen LogP contribution in [-0.4, -0.2) is 29.6 Å². The fourth-order valence-corrected chi connectivity index (χ4v) is 2.96. The summed E-state index contributed by atoms with van der Waals surface area (Å²) < 4.78 is 5.49. The topological polar surface area (TPSA) is 25.4 Å². The van der Waals surface area contributed by atoms with Gasteiger partial charge in [-0.15, -0.1) is 0 Å². The van der Waals surface area contributed by atoms with E-state index in [2.05, 4.69) is 22.0 Å². The number of allylic oxidation sites excluding steroid dienone is 1. The van der Waals surface area contributed by atoms with Gasteiger partial charge in [0.1, 0.15) is 5.75 Å². The molecule has 0 saturated carbocycles. The summed E-state index contributed by atoms with van der Waals surface area (Å²) in [6.45, 7) is 5.17. The molecule has 3 heteroatoms. The van der Waals surface area contributed by atoms with E-state index >= 15 is 0 Å². The van der Waals surface area contributed by atoms with E-state index in [9.17, 15) is 0 Å². The second-order valence-corrected chi connectivity index (χ2v) is 5.16. The van der Waals surface area contributed by atoms with Crippen LogP contribution in [0.4, 0.5) is 0 Å². The molecule has 0 amide bonds. The third-order valence-electron chi connectivity index (χ3n) is 3.88. The summed E-state index contributed by atoms with van der Waals surface area (Å²) in [6, 6.07) is 2.08. The Morgan fingerprint density at radius 2 is 2.39 bits per heavy atom. The molecule has 0 aliphatic carbocycles. The van der Waals surface area contributed by atoms with Gasteiger partial charge in [0.05, 0.1) is 12.8 Å². The van der Waals surface area contributed by atoms with Crippen LogP contribution in [0.2, 0.25) is 0 Å². The number of aromatic nitrogens is 1. The SMILES string of the molecule is CCOc1cncc(/C=C2\CCC3CCN2C3)c1. The zero-order valence-corrected chi connectivity index (χ0v) is 10.9. The normalized spacial score (nSPS) is 24.6. The van der Waals surface area contributed by atoms with Gasteiger partial charge in [0.2, 0.25) is 0 Å². The van der Waals surface area contributed by atoms with Crippen LogP contribution in [0.1, 0.15) is 31.7 Å². The highest BCUT2D eigenvalue weighted by molar-refractivity contribution is 5.53. The van der Waals surface area contributed by atoms with Crippen LogP contribution in [-0.2, 0) is 0 Å². The molecular formula is C15H20N2O. The Labute approximate surface area is 108 Å². The van der Waals surface area contributed by atoms with Crippen molar-refractivity contribution in [2.24, 2.45) is 5.92 Å². The van der Waals surface area contributed by atoms with Gasteiger partial charge < -0.3 is 9.64 Å². The second-order valence-electron chi connectivity index (χ2n) is 5.16. The second kappa shape index (κ2) is 5.01. The first-order chi connectivity index (χ1) is 8.85. The Bertz CT molecular complexity index is 456. The van der Waals surface area contributed by atoms with E-state index in [1.807, 2.05) is 13.1 Å². The first kappa shape index (κ1) is 11.6. The van der Waals surface area contributed by atoms with Gasteiger partial charge in [-0.1, -0.05) is 0 Å². The van der Waals surface area contributed by atoms with Crippen LogP contribution in [0.3, 0.4) is 0 Å². The minimum Gasteiger partial charge on any atom is -0.492 e. The summed E-state index contributed by atoms with van der Waals surface area (Å²) in [7, 11) is 0. The van der Waals surface area contributed by atoms with Crippen molar-refractivity contribution in [1.29, 1.82) is 0 Å². The monoisotopic (exact) mass is 244 g/mol. The average Bonchev–Trinajstić information content (AvgIpc) is 2.77. The molecule has 2 bridgehead atoms. The molecule has 1 unspecified atom stereocenters. The number of rotatable bonds is 3. The Balaban J connectivity index is 1.80. The molecule has 0 spiro atoms. The lowest BCUT2D eigenvalue weighted by atomic mass is 9.98. The third-order valence-corrected chi connectivity index (χ3v) is 3.88. The van der Waals surface area contributed by atoms with Crippen LogP contribution in [0.5, 0.6) is 5.75 Å². The molecule has 1 atom stereocenters. The number of piperidine rings is 1. The quantitative estimate of drug-likeness (QED) is 0.817. The van der Waals surface area contributed by atoms with Crippen molar-refractivity contribution in [2.75, 3.05) is 19.7 Å². The van der Waals surface area contributed by atoms with Gasteiger partial charge in [-0.3, -0.25) is 4.98 Å². The van der Waals surface area contributed by atoms with E-state index in [4.69, 9.17) is 4.74 Å². The lowest BCUT2D eigenvalue weighted by Gasteiger charge is -2.27. The Morgan fingerprint density at radius 1 is 1.44 bits per heavy atom. The maximum Gasteiger partial charge on any atom is 0.138 e. The molecule has 0 aromatic carbocycles. The Morgan fingerprint density at radius 3 is 3.28 bits per heavy atom. The van der Waals surface area contributed by atoms with Crippen molar-refractivity contribution >= 4 is 6.08 Å². The minimum absolute atomic E-state index is 0.690. The van der Waals surface area contributed by atoms with Crippen LogP contribution < -0.4 is 4.74 Å². The average molecular weight is 244 g/mol. The lowest BCUT2D eigenvalue weighted by Crippen LogP contribution is -2.24. The van der Waals surface area contributed by atoms with Gasteiger partial charge in [0, 0.05) is 25.0 Å². The molecule has 2 aliphatic rings. The van der Waals surface area contributed by atoms with Crippen molar-refractivity contribution in [1.82, 2.24) is 9.88 Å². The van der Waals surface area contributed by atoms with E-state index in [-0.39, 0.29) is 0 Å². The van der Waals surface area contributed by atoms with Crippen LogP contribution in [0.15, 0.2) is 24.2 Å². The van der Waals surface area contributed by atoms with Crippen LogP contribution >= 0.6 is 0 Å². The number of pyridine rings is 1. The molecule has 2 aliphatic heterocycles. The Kier molecular flexibility index (Phi) is 3.22. The molecular weight excluding hydrogens is 224 g/mol. The van der Waals surface area contributed by atoms with Crippen LogP contribution in [0.25, 0.3) is 6.08 Å². The summed E-state index contributed by atoms with van der Waals surface area (Å²) >= 11 is 0. The lowest BCUT2D eigenvalue weighted by molar-refractivity contribution is 0.337. The standard InChI is InChI=1S/C15H20N2O/c1-2-18-15-8-13(9-16-10-15)7-14-4-3-12-5-6-17(14)11-12/h7-10,12H,2-6,11H2,1H3/b14-7+. The minimum atomic E-state index is 0.690. The van der Waals surface area contributed by atoms with E-state index < -0.39 is 0 Å². The molecule has 1 aromatic heterocycles. The largest absolute Gasteiger partial charge is 0.492 e. The van der Waals surface area contributed by atoms with Gasteiger partial charge >= 0.3 is 0 Å². The summed E-state index contributed by atoms with van der Waals surface area (Å²) in [5, 5.41) is 0. The van der Waals surface area contributed by atoms with Crippen molar-refractivity contribution < 1.29 is 4.74 Å². The summed E-state index contributed by atoms with van der Waals surface area (Å²) in [6.07, 6.45) is 9.89. The first-order valence-electron chi connectivity index (χ1n) is 6.88. The van der Waals surface area contributed by atoms with Crippen LogP contribution in [0, 0.1) is 5.92 Å². The van der Waals surface area contributed by atoms with E-state index in [0.717, 1.165) is 17.2 Å². The molecule has 2 fully saturated rings.